The topological polar surface area (TPSA) is 101 Å². The summed E-state index contributed by atoms with van der Waals surface area (Å²) in [7, 11) is 0. The standard InChI is InChI=1S/C29H26ClFN6O3/c30-19-3-9-22(10-4-19)40-17-25(38)36-13-15-37(16-14-36)28-26-24(34-27(35-28)29(39)32-21-7-8-21)12-11-23(33-26)18-1-5-20(31)6-2-18/h1-6,9-12,21H,7-8,13-17H2,(H,32,39). The van der Waals surface area contributed by atoms with Crippen LogP contribution >= 0.6 is 11.6 Å². The zero-order valence-corrected chi connectivity index (χ0v) is 22.3. The van der Waals surface area contributed by atoms with Crippen LogP contribution in [0.25, 0.3) is 22.3 Å². The Kier molecular flexibility index (Phi) is 7.17. The fraction of sp³-hybridized carbons (Fsp3) is 0.276. The maximum absolute atomic E-state index is 13.5. The Hall–Kier alpha value is -4.31. The lowest BCUT2D eigenvalue weighted by Crippen LogP contribution is -2.50. The number of rotatable bonds is 7. The van der Waals surface area contributed by atoms with Gasteiger partial charge in [0.2, 0.25) is 5.82 Å². The van der Waals surface area contributed by atoms with Crippen LogP contribution in [0.15, 0.2) is 60.7 Å². The van der Waals surface area contributed by atoms with E-state index in [2.05, 4.69) is 15.3 Å². The number of anilines is 1. The maximum Gasteiger partial charge on any atom is 0.289 e. The number of benzene rings is 2. The van der Waals surface area contributed by atoms with Crippen LogP contribution in [0.4, 0.5) is 10.2 Å². The van der Waals surface area contributed by atoms with Gasteiger partial charge in [-0.15, -0.1) is 0 Å². The molecule has 9 nitrogen and oxygen atoms in total. The van der Waals surface area contributed by atoms with Crippen LogP contribution < -0.4 is 15.0 Å². The number of piperazine rings is 1. The van der Waals surface area contributed by atoms with Crippen molar-refractivity contribution in [2.45, 2.75) is 18.9 Å². The Morgan fingerprint density at radius 2 is 1.65 bits per heavy atom. The van der Waals surface area contributed by atoms with Gasteiger partial charge in [-0.1, -0.05) is 11.6 Å². The third-order valence-electron chi connectivity index (χ3n) is 6.89. The largest absolute Gasteiger partial charge is 0.484 e. The highest BCUT2D eigenvalue weighted by atomic mass is 35.5. The smallest absolute Gasteiger partial charge is 0.289 e. The minimum Gasteiger partial charge on any atom is -0.484 e. The van der Waals surface area contributed by atoms with E-state index in [1.165, 1.54) is 12.1 Å². The number of hydrogen-bond acceptors (Lipinski definition) is 7. The summed E-state index contributed by atoms with van der Waals surface area (Å²) in [6.45, 7) is 1.81. The fourth-order valence-corrected chi connectivity index (χ4v) is 4.64. The van der Waals surface area contributed by atoms with Gasteiger partial charge in [-0.3, -0.25) is 9.59 Å². The number of aromatic nitrogens is 3. The van der Waals surface area contributed by atoms with E-state index in [4.69, 9.17) is 21.3 Å². The predicted octanol–water partition coefficient (Wildman–Crippen LogP) is 4.10. The summed E-state index contributed by atoms with van der Waals surface area (Å²) < 4.78 is 19.1. The number of pyridine rings is 1. The number of amides is 2. The van der Waals surface area contributed by atoms with Crippen LogP contribution in [0, 0.1) is 5.82 Å². The van der Waals surface area contributed by atoms with Gasteiger partial charge >= 0.3 is 0 Å². The monoisotopic (exact) mass is 560 g/mol. The second-order valence-corrected chi connectivity index (χ2v) is 10.2. The molecule has 0 spiro atoms. The molecule has 2 aromatic heterocycles. The second-order valence-electron chi connectivity index (χ2n) is 9.80. The Morgan fingerprint density at radius 3 is 2.35 bits per heavy atom. The SMILES string of the molecule is O=C(NC1CC1)c1nc(N2CCN(C(=O)COc3ccc(Cl)cc3)CC2)c2nc(-c3ccc(F)cc3)ccc2n1. The molecule has 2 amide bonds. The molecule has 204 valence electrons. The molecular formula is C29H26ClFN6O3. The van der Waals surface area contributed by atoms with Gasteiger partial charge in [-0.2, -0.15) is 0 Å². The number of nitrogens with one attached hydrogen (secondary N) is 1. The van der Waals surface area contributed by atoms with E-state index in [0.717, 1.165) is 18.4 Å². The van der Waals surface area contributed by atoms with Crippen molar-refractivity contribution in [2.75, 3.05) is 37.7 Å². The molecule has 4 aromatic rings. The van der Waals surface area contributed by atoms with E-state index in [1.807, 2.05) is 4.90 Å². The molecule has 2 aliphatic rings. The number of nitrogens with zero attached hydrogens (tertiary/aromatic N) is 5. The third-order valence-corrected chi connectivity index (χ3v) is 7.14. The van der Waals surface area contributed by atoms with Crippen LogP contribution in [-0.4, -0.2) is 70.5 Å². The molecule has 6 rings (SSSR count). The average Bonchev–Trinajstić information content (AvgIpc) is 3.80. The van der Waals surface area contributed by atoms with Crippen LogP contribution in [0.2, 0.25) is 5.02 Å². The van der Waals surface area contributed by atoms with Crippen LogP contribution in [-0.2, 0) is 4.79 Å². The van der Waals surface area contributed by atoms with E-state index in [9.17, 15) is 14.0 Å². The Balaban J connectivity index is 1.23. The highest BCUT2D eigenvalue weighted by Gasteiger charge is 2.28. The lowest BCUT2D eigenvalue weighted by atomic mass is 10.1. The van der Waals surface area contributed by atoms with E-state index in [1.54, 1.807) is 53.4 Å². The average molecular weight is 561 g/mol. The van der Waals surface area contributed by atoms with Crippen molar-refractivity contribution in [3.8, 4) is 17.0 Å². The van der Waals surface area contributed by atoms with Crippen molar-refractivity contribution in [3.05, 3.63) is 77.3 Å². The van der Waals surface area contributed by atoms with Crippen molar-refractivity contribution < 1.29 is 18.7 Å². The molecular weight excluding hydrogens is 535 g/mol. The number of halogens is 2. The quantitative estimate of drug-likeness (QED) is 0.363. The maximum atomic E-state index is 13.5. The minimum atomic E-state index is -0.328. The molecule has 40 heavy (non-hydrogen) atoms. The molecule has 1 saturated carbocycles. The molecule has 0 unspecified atom stereocenters. The molecule has 1 saturated heterocycles. The first-order valence-electron chi connectivity index (χ1n) is 13.1. The number of ether oxygens (including phenoxy) is 1. The number of hydrogen-bond donors (Lipinski definition) is 1. The van der Waals surface area contributed by atoms with Crippen LogP contribution in [0.1, 0.15) is 23.5 Å². The summed E-state index contributed by atoms with van der Waals surface area (Å²) in [5, 5.41) is 3.54. The molecule has 2 aromatic carbocycles. The highest BCUT2D eigenvalue weighted by Crippen LogP contribution is 2.28. The molecule has 2 fully saturated rings. The van der Waals surface area contributed by atoms with E-state index in [-0.39, 0.29) is 36.1 Å². The van der Waals surface area contributed by atoms with E-state index < -0.39 is 0 Å². The van der Waals surface area contributed by atoms with Crippen molar-refractivity contribution in [1.29, 1.82) is 0 Å². The van der Waals surface area contributed by atoms with Gasteiger partial charge in [0.15, 0.2) is 12.4 Å². The highest BCUT2D eigenvalue weighted by molar-refractivity contribution is 6.30. The van der Waals surface area contributed by atoms with Crippen LogP contribution in [0.3, 0.4) is 0 Å². The minimum absolute atomic E-state index is 0.0772. The summed E-state index contributed by atoms with van der Waals surface area (Å²) in [6.07, 6.45) is 1.90. The normalized spacial score (nSPS) is 15.2. The lowest BCUT2D eigenvalue weighted by molar-refractivity contribution is -0.133. The van der Waals surface area contributed by atoms with Gasteiger partial charge in [0.25, 0.3) is 11.8 Å². The molecule has 11 heteroatoms. The molecule has 3 heterocycles. The first-order chi connectivity index (χ1) is 19.4. The third kappa shape index (κ3) is 5.81. The zero-order valence-electron chi connectivity index (χ0n) is 21.5. The predicted molar refractivity (Wildman–Crippen MR) is 149 cm³/mol. The lowest BCUT2D eigenvalue weighted by Gasteiger charge is -2.35. The second kappa shape index (κ2) is 11.1. The Bertz CT molecular complexity index is 1560. The van der Waals surface area contributed by atoms with Crippen molar-refractivity contribution >= 4 is 40.3 Å². The first-order valence-corrected chi connectivity index (χ1v) is 13.5. The van der Waals surface area contributed by atoms with Gasteiger partial charge in [-0.25, -0.2) is 19.3 Å². The fourth-order valence-electron chi connectivity index (χ4n) is 4.51. The van der Waals surface area contributed by atoms with Crippen molar-refractivity contribution in [1.82, 2.24) is 25.2 Å². The molecule has 1 aliphatic heterocycles. The van der Waals surface area contributed by atoms with Gasteiger partial charge in [0.05, 0.1) is 11.2 Å². The molecule has 0 radical (unpaired) electrons. The summed E-state index contributed by atoms with van der Waals surface area (Å²) in [5.74, 6) is 0.416. The zero-order chi connectivity index (χ0) is 27.6. The summed E-state index contributed by atoms with van der Waals surface area (Å²) >= 11 is 5.91. The van der Waals surface area contributed by atoms with Gasteiger partial charge in [0, 0.05) is 42.8 Å². The number of carbonyl (C=O) groups is 2. The van der Waals surface area contributed by atoms with Gasteiger partial charge in [-0.05, 0) is 73.5 Å². The molecule has 0 atom stereocenters. The number of fused-ring (bicyclic) bond motifs is 1. The van der Waals surface area contributed by atoms with Crippen molar-refractivity contribution in [3.63, 3.8) is 0 Å². The first kappa shape index (κ1) is 25.9. The Morgan fingerprint density at radius 1 is 0.925 bits per heavy atom. The number of carbonyl (C=O) groups excluding carboxylic acids is 2. The molecule has 0 bridgehead atoms. The van der Waals surface area contributed by atoms with Crippen molar-refractivity contribution in [2.24, 2.45) is 0 Å². The summed E-state index contributed by atoms with van der Waals surface area (Å²) in [6, 6.07) is 16.7. The van der Waals surface area contributed by atoms with Crippen LogP contribution in [0.5, 0.6) is 5.75 Å². The molecule has 1 N–H and O–H groups in total. The Labute approximate surface area is 234 Å². The van der Waals surface area contributed by atoms with Gasteiger partial charge < -0.3 is 19.9 Å². The summed E-state index contributed by atoms with van der Waals surface area (Å²) in [4.78, 5) is 43.4. The summed E-state index contributed by atoms with van der Waals surface area (Å²) in [5.41, 5.74) is 2.46. The van der Waals surface area contributed by atoms with Gasteiger partial charge in [0.1, 0.15) is 17.1 Å². The van der Waals surface area contributed by atoms with E-state index in [0.29, 0.717) is 59.5 Å². The van der Waals surface area contributed by atoms with E-state index >= 15 is 0 Å². The molecule has 1 aliphatic carbocycles.